The zero-order valence-corrected chi connectivity index (χ0v) is 38.3. The Labute approximate surface area is 355 Å². The third-order valence-electron chi connectivity index (χ3n) is 9.73. The van der Waals surface area contributed by atoms with E-state index in [0.717, 1.165) is 88.6 Å². The number of esters is 2. The number of phosphoric acid groups is 1. The summed E-state index contributed by atoms with van der Waals surface area (Å²) in [4.78, 5) is 37.7. The van der Waals surface area contributed by atoms with Gasteiger partial charge in [-0.1, -0.05) is 107 Å². The lowest BCUT2D eigenvalue weighted by molar-refractivity contribution is -0.870. The number of unbranched alkanes of at least 4 members (excludes halogenated alkanes) is 7. The van der Waals surface area contributed by atoms with E-state index in [0.29, 0.717) is 36.7 Å². The first-order valence-electron chi connectivity index (χ1n) is 21.9. The van der Waals surface area contributed by atoms with Crippen molar-refractivity contribution in [3.05, 3.63) is 71.3 Å². The number of furan rings is 1. The van der Waals surface area contributed by atoms with Crippen molar-refractivity contribution in [1.29, 1.82) is 0 Å². The second-order valence-electron chi connectivity index (χ2n) is 16.3. The minimum absolute atomic E-state index is 0.0352. The number of ether oxygens (including phenoxy) is 2. The number of carbonyl (C=O) groups is 2. The second-order valence-corrected chi connectivity index (χ2v) is 17.8. The molecule has 0 aromatic carbocycles. The minimum Gasteiger partial charge on any atom is -0.756 e. The van der Waals surface area contributed by atoms with Crippen molar-refractivity contribution in [2.45, 2.75) is 162 Å². The number of nitrogens with zero attached hydrogens (tertiary/aromatic N) is 1. The lowest BCUT2D eigenvalue weighted by atomic mass is 10.0. The summed E-state index contributed by atoms with van der Waals surface area (Å²) < 4.78 is 39.8. The van der Waals surface area contributed by atoms with Crippen LogP contribution < -0.4 is 4.89 Å². The van der Waals surface area contributed by atoms with E-state index in [9.17, 15) is 29.3 Å². The van der Waals surface area contributed by atoms with Crippen molar-refractivity contribution < 1.29 is 56.7 Å². The molecule has 1 aromatic heterocycles. The zero-order chi connectivity index (χ0) is 43.9. The predicted octanol–water partition coefficient (Wildman–Crippen LogP) is 8.87. The molecule has 0 spiro atoms. The van der Waals surface area contributed by atoms with Gasteiger partial charge in [0.1, 0.15) is 31.3 Å². The van der Waals surface area contributed by atoms with Gasteiger partial charge in [-0.05, 0) is 69.9 Å². The van der Waals surface area contributed by atoms with Crippen molar-refractivity contribution in [2.75, 3.05) is 47.5 Å². The number of aryl methyl sites for hydroxylation is 2. The van der Waals surface area contributed by atoms with Crippen LogP contribution >= 0.6 is 7.82 Å². The molecule has 0 saturated carbocycles. The molecule has 1 heterocycles. The van der Waals surface area contributed by atoms with E-state index in [1.807, 2.05) is 51.5 Å². The fourth-order valence-corrected chi connectivity index (χ4v) is 6.70. The number of aliphatic hydroxyl groups excluding tert-OH is 2. The fourth-order valence-electron chi connectivity index (χ4n) is 5.97. The van der Waals surface area contributed by atoms with Crippen molar-refractivity contribution in [1.82, 2.24) is 0 Å². The van der Waals surface area contributed by atoms with Crippen molar-refractivity contribution in [2.24, 2.45) is 0 Å². The average Bonchev–Trinajstić information content (AvgIpc) is 3.43. The molecule has 1 unspecified atom stereocenters. The van der Waals surface area contributed by atoms with Crippen molar-refractivity contribution >= 4 is 19.8 Å². The van der Waals surface area contributed by atoms with Crippen molar-refractivity contribution in [3.63, 3.8) is 0 Å². The number of hydrogen-bond donors (Lipinski definition) is 2. The summed E-state index contributed by atoms with van der Waals surface area (Å²) >= 11 is 0. The third kappa shape index (κ3) is 29.1. The maximum Gasteiger partial charge on any atom is 0.306 e. The van der Waals surface area contributed by atoms with E-state index < -0.39 is 44.7 Å². The molecule has 0 radical (unpaired) electrons. The van der Waals surface area contributed by atoms with Crippen LogP contribution in [0.5, 0.6) is 0 Å². The number of likely N-dealkylation sites (N-methyl/N-ethyl adjacent to an activating group) is 1. The number of carbonyl (C=O) groups excluding carboxylic acids is 2. The Morgan fingerprint density at radius 1 is 0.729 bits per heavy atom. The molecule has 1 aromatic rings. The Morgan fingerprint density at radius 2 is 1.31 bits per heavy atom. The van der Waals surface area contributed by atoms with Gasteiger partial charge < -0.3 is 42.5 Å². The van der Waals surface area contributed by atoms with E-state index in [1.54, 1.807) is 18.2 Å². The summed E-state index contributed by atoms with van der Waals surface area (Å²) in [6.45, 7) is 7.98. The Balaban J connectivity index is 2.48. The SMILES string of the molecule is CCCCC[C@@H](O)/C=C/C=C\C/C=C\C=C\[C@@H](O)CCCC(=O)O[C@H](COC(=O)CCCCCCCCc1oc(CCC)c(C)c1C)COP(=O)([O-])OCC[N+](C)(C)C. The van der Waals surface area contributed by atoms with Crippen LogP contribution in [-0.4, -0.2) is 92.5 Å². The van der Waals surface area contributed by atoms with Gasteiger partial charge in [-0.3, -0.25) is 14.2 Å². The highest BCUT2D eigenvalue weighted by molar-refractivity contribution is 7.45. The normalized spacial score (nSPS) is 15.1. The van der Waals surface area contributed by atoms with Gasteiger partial charge in [0.25, 0.3) is 7.82 Å². The van der Waals surface area contributed by atoms with Crippen LogP contribution in [0.2, 0.25) is 0 Å². The third-order valence-corrected chi connectivity index (χ3v) is 10.7. The van der Waals surface area contributed by atoms with Crippen LogP contribution in [0.1, 0.15) is 139 Å². The molecule has 4 atom stereocenters. The summed E-state index contributed by atoms with van der Waals surface area (Å²) in [5.41, 5.74) is 2.54. The van der Waals surface area contributed by atoms with Crippen molar-refractivity contribution in [3.8, 4) is 0 Å². The standard InChI is InChI=1S/C46H78NO11P/c1-8-10-20-27-40(48)28-21-16-12-11-13-17-22-29-41(49)30-25-33-46(51)57-42(37-56-59(52,53)55-35-34-47(5,6)7)36-54-45(50)32-24-19-15-14-18-23-31-44-39(4)38(3)43(58-44)26-9-2/h12-13,16-17,21-22,28-29,40-42,48-49H,8-11,14-15,18-20,23-27,30-37H2,1-7H3/b16-12-,17-13-,28-21+,29-22+/t40-,41-,42-/m1/s1. The highest BCUT2D eigenvalue weighted by Gasteiger charge is 2.22. The summed E-state index contributed by atoms with van der Waals surface area (Å²) in [7, 11) is 0.984. The highest BCUT2D eigenvalue weighted by Crippen LogP contribution is 2.38. The van der Waals surface area contributed by atoms with Crippen LogP contribution in [0, 0.1) is 13.8 Å². The molecule has 59 heavy (non-hydrogen) atoms. The first kappa shape index (κ1) is 54.2. The van der Waals surface area contributed by atoms with Crippen LogP contribution in [0.3, 0.4) is 0 Å². The summed E-state index contributed by atoms with van der Waals surface area (Å²) in [5.74, 6) is 1.10. The number of phosphoric ester groups is 1. The zero-order valence-electron chi connectivity index (χ0n) is 37.4. The van der Waals surface area contributed by atoms with Gasteiger partial charge in [-0.2, -0.15) is 0 Å². The first-order valence-corrected chi connectivity index (χ1v) is 23.4. The molecule has 12 nitrogen and oxygen atoms in total. The molecule has 0 aliphatic heterocycles. The molecule has 0 aliphatic carbocycles. The Bertz CT molecular complexity index is 1460. The predicted molar refractivity (Wildman–Crippen MR) is 233 cm³/mol. The highest BCUT2D eigenvalue weighted by atomic mass is 31.2. The summed E-state index contributed by atoms with van der Waals surface area (Å²) in [6, 6.07) is 0. The van der Waals surface area contributed by atoms with Gasteiger partial charge in [0.15, 0.2) is 6.10 Å². The Kier molecular flexibility index (Phi) is 29.4. The molecule has 2 N–H and O–H groups in total. The molecule has 0 fully saturated rings. The molecule has 13 heteroatoms. The van der Waals surface area contributed by atoms with Gasteiger partial charge in [-0.25, -0.2) is 0 Å². The lowest BCUT2D eigenvalue weighted by Gasteiger charge is -2.28. The van der Waals surface area contributed by atoms with Crippen LogP contribution in [-0.2, 0) is 45.5 Å². The largest absolute Gasteiger partial charge is 0.756 e. The number of aliphatic hydroxyl groups is 2. The summed E-state index contributed by atoms with van der Waals surface area (Å²) in [5, 5.41) is 20.2. The molecular formula is C46H78NO11P. The number of quaternary nitrogens is 1. The molecule has 0 aliphatic rings. The van der Waals surface area contributed by atoms with Gasteiger partial charge in [-0.15, -0.1) is 0 Å². The quantitative estimate of drug-likeness (QED) is 0.0220. The lowest BCUT2D eigenvalue weighted by Crippen LogP contribution is -2.37. The van der Waals surface area contributed by atoms with E-state index >= 15 is 0 Å². The van der Waals surface area contributed by atoms with Crippen LogP contribution in [0.25, 0.3) is 0 Å². The van der Waals surface area contributed by atoms with E-state index in [1.165, 1.54) is 11.1 Å². The molecule has 0 saturated heterocycles. The molecule has 338 valence electrons. The Morgan fingerprint density at radius 3 is 1.92 bits per heavy atom. The molecule has 0 bridgehead atoms. The minimum atomic E-state index is -4.71. The maximum atomic E-state index is 12.7. The summed E-state index contributed by atoms with van der Waals surface area (Å²) in [6.07, 6.45) is 26.5. The fraction of sp³-hybridized carbons (Fsp3) is 0.696. The van der Waals surface area contributed by atoms with Crippen LogP contribution in [0.4, 0.5) is 0 Å². The monoisotopic (exact) mass is 852 g/mol. The molecule has 0 amide bonds. The Hall–Kier alpha value is -2.83. The number of hydrogen-bond acceptors (Lipinski definition) is 11. The average molecular weight is 852 g/mol. The van der Waals surface area contributed by atoms with E-state index in [2.05, 4.69) is 27.7 Å². The second kappa shape index (κ2) is 32.0. The van der Waals surface area contributed by atoms with Gasteiger partial charge in [0.2, 0.25) is 0 Å². The number of rotatable bonds is 35. The molecular weight excluding hydrogens is 773 g/mol. The number of allylic oxidation sites excluding steroid dienone is 6. The van der Waals surface area contributed by atoms with Gasteiger partial charge in [0.05, 0.1) is 40.0 Å². The van der Waals surface area contributed by atoms with Gasteiger partial charge >= 0.3 is 11.9 Å². The van der Waals surface area contributed by atoms with Crippen LogP contribution in [0.15, 0.2) is 53.0 Å². The van der Waals surface area contributed by atoms with E-state index in [4.69, 9.17) is 22.9 Å². The topological polar surface area (TPSA) is 165 Å². The first-order chi connectivity index (χ1) is 28.1. The van der Waals surface area contributed by atoms with Gasteiger partial charge in [0, 0.05) is 25.7 Å². The maximum absolute atomic E-state index is 12.7. The van der Waals surface area contributed by atoms with E-state index in [-0.39, 0.29) is 26.1 Å². The molecule has 1 rings (SSSR count). The smallest absolute Gasteiger partial charge is 0.306 e.